The summed E-state index contributed by atoms with van der Waals surface area (Å²) in [6, 6.07) is 15.1. The number of benzene rings is 2. The Morgan fingerprint density at radius 2 is 2.00 bits per heavy atom. The van der Waals surface area contributed by atoms with Gasteiger partial charge in [-0.15, -0.1) is 0 Å². The van der Waals surface area contributed by atoms with Gasteiger partial charge in [0.1, 0.15) is 12.4 Å². The molecule has 0 saturated heterocycles. The summed E-state index contributed by atoms with van der Waals surface area (Å²) in [7, 11) is 0. The van der Waals surface area contributed by atoms with E-state index < -0.39 is 0 Å². The van der Waals surface area contributed by atoms with Crippen LogP contribution in [0, 0.1) is 0 Å². The molecule has 29 heavy (non-hydrogen) atoms. The predicted octanol–water partition coefficient (Wildman–Crippen LogP) is 4.08. The topological polar surface area (TPSA) is 54.5 Å². The summed E-state index contributed by atoms with van der Waals surface area (Å²) in [5.41, 5.74) is 3.71. The number of halogens is 1. The van der Waals surface area contributed by atoms with Crippen LogP contribution in [-0.2, 0) is 13.0 Å². The molecule has 1 aliphatic heterocycles. The second-order valence-electron chi connectivity index (χ2n) is 7.11. The van der Waals surface area contributed by atoms with Gasteiger partial charge in [0.15, 0.2) is 0 Å². The number of carbonyl (C=O) groups is 1. The van der Waals surface area contributed by atoms with Crippen LogP contribution in [0.1, 0.15) is 28.5 Å². The molecule has 4 rings (SSSR count). The van der Waals surface area contributed by atoms with E-state index in [2.05, 4.69) is 17.1 Å². The van der Waals surface area contributed by atoms with Crippen molar-refractivity contribution in [3.05, 3.63) is 70.4 Å². The van der Waals surface area contributed by atoms with Crippen LogP contribution in [0.3, 0.4) is 0 Å². The number of nitrogens with one attached hydrogen (secondary N) is 1. The molecule has 0 saturated carbocycles. The number of ether oxygens (including phenoxy) is 1. The Kier molecular flexibility index (Phi) is 5.97. The van der Waals surface area contributed by atoms with E-state index in [9.17, 15) is 4.79 Å². The van der Waals surface area contributed by atoms with E-state index in [1.807, 2.05) is 36.4 Å². The van der Waals surface area contributed by atoms with E-state index in [0.29, 0.717) is 18.2 Å². The van der Waals surface area contributed by atoms with Gasteiger partial charge in [0.05, 0.1) is 17.6 Å². The molecule has 1 aliphatic rings. The van der Waals surface area contributed by atoms with E-state index >= 15 is 0 Å². The Morgan fingerprint density at radius 1 is 1.21 bits per heavy atom. The second kappa shape index (κ2) is 8.80. The summed E-state index contributed by atoms with van der Waals surface area (Å²) >= 11 is 5.89. The maximum atomic E-state index is 13.2. The quantitative estimate of drug-likeness (QED) is 0.623. The Balaban J connectivity index is 1.52. The molecule has 5 nitrogen and oxygen atoms in total. The molecule has 0 fully saturated rings. The summed E-state index contributed by atoms with van der Waals surface area (Å²) in [6.45, 7) is 5.65. The van der Waals surface area contributed by atoms with Crippen LogP contribution in [0.5, 0.6) is 5.75 Å². The highest BCUT2D eigenvalue weighted by atomic mass is 35.5. The van der Waals surface area contributed by atoms with Crippen LogP contribution in [0.15, 0.2) is 48.5 Å². The maximum Gasteiger partial charge on any atom is 0.252 e. The molecule has 0 aliphatic carbocycles. The molecule has 150 valence electrons. The van der Waals surface area contributed by atoms with E-state index in [1.165, 1.54) is 0 Å². The fourth-order valence-electron chi connectivity index (χ4n) is 3.73. The van der Waals surface area contributed by atoms with Gasteiger partial charge >= 0.3 is 0 Å². The third-order valence-corrected chi connectivity index (χ3v) is 5.52. The van der Waals surface area contributed by atoms with Gasteiger partial charge in [-0.2, -0.15) is 0 Å². The maximum absolute atomic E-state index is 13.2. The van der Waals surface area contributed by atoms with E-state index in [0.717, 1.165) is 59.5 Å². The SMILES string of the molecule is CCN1CCc2nc3ccccc3c(C(=O)NCCOc3ccc(Cl)cc3)c2C1. The Hall–Kier alpha value is -2.63. The molecule has 1 N–H and O–H groups in total. The van der Waals surface area contributed by atoms with Crippen LogP contribution in [0.2, 0.25) is 5.02 Å². The standard InChI is InChI=1S/C23H24ClN3O2/c1-2-27-13-11-21-19(15-27)22(18-5-3-4-6-20(18)26-21)23(28)25-12-14-29-17-9-7-16(24)8-10-17/h3-10H,2,11-15H2,1H3,(H,25,28). The van der Waals surface area contributed by atoms with E-state index in [-0.39, 0.29) is 5.91 Å². The minimum absolute atomic E-state index is 0.0718. The third kappa shape index (κ3) is 4.36. The van der Waals surface area contributed by atoms with Crippen LogP contribution in [0.4, 0.5) is 0 Å². The Labute approximate surface area is 175 Å². The van der Waals surface area contributed by atoms with Crippen molar-refractivity contribution in [2.75, 3.05) is 26.2 Å². The first kappa shape index (κ1) is 19.7. The summed E-state index contributed by atoms with van der Waals surface area (Å²) < 4.78 is 5.69. The lowest BCUT2D eigenvalue weighted by atomic mass is 9.95. The number of pyridine rings is 1. The van der Waals surface area contributed by atoms with Crippen molar-refractivity contribution in [3.8, 4) is 5.75 Å². The number of aromatic nitrogens is 1. The van der Waals surface area contributed by atoms with E-state index in [1.54, 1.807) is 12.1 Å². The van der Waals surface area contributed by atoms with Crippen molar-refractivity contribution < 1.29 is 9.53 Å². The molecule has 6 heteroatoms. The molecule has 0 unspecified atom stereocenters. The summed E-state index contributed by atoms with van der Waals surface area (Å²) in [6.07, 6.45) is 0.869. The molecule has 0 spiro atoms. The molecule has 0 atom stereocenters. The normalized spacial score (nSPS) is 13.9. The molecule has 2 aromatic carbocycles. The number of fused-ring (bicyclic) bond motifs is 2. The minimum Gasteiger partial charge on any atom is -0.492 e. The number of carbonyl (C=O) groups excluding carboxylic acids is 1. The molecular formula is C23H24ClN3O2. The van der Waals surface area contributed by atoms with Crippen LogP contribution in [0.25, 0.3) is 10.9 Å². The lowest BCUT2D eigenvalue weighted by Crippen LogP contribution is -2.35. The average molecular weight is 410 g/mol. The summed E-state index contributed by atoms with van der Waals surface area (Å²) in [5, 5.41) is 4.59. The van der Waals surface area contributed by atoms with Crippen molar-refractivity contribution in [2.45, 2.75) is 19.9 Å². The van der Waals surface area contributed by atoms with Crippen LogP contribution < -0.4 is 10.1 Å². The third-order valence-electron chi connectivity index (χ3n) is 5.27. The highest BCUT2D eigenvalue weighted by Gasteiger charge is 2.25. The van der Waals surface area contributed by atoms with Crippen molar-refractivity contribution in [1.82, 2.24) is 15.2 Å². The monoisotopic (exact) mass is 409 g/mol. The molecule has 0 radical (unpaired) electrons. The van der Waals surface area contributed by atoms with Crippen molar-refractivity contribution in [1.29, 1.82) is 0 Å². The van der Waals surface area contributed by atoms with Gasteiger partial charge in [0, 0.05) is 41.2 Å². The molecule has 1 aromatic heterocycles. The van der Waals surface area contributed by atoms with Gasteiger partial charge in [-0.05, 0) is 36.9 Å². The van der Waals surface area contributed by atoms with Gasteiger partial charge in [0.2, 0.25) is 0 Å². The minimum atomic E-state index is -0.0718. The smallest absolute Gasteiger partial charge is 0.252 e. The zero-order valence-corrected chi connectivity index (χ0v) is 17.2. The van der Waals surface area contributed by atoms with Crippen LogP contribution >= 0.6 is 11.6 Å². The Morgan fingerprint density at radius 3 is 2.79 bits per heavy atom. The first-order chi connectivity index (χ1) is 14.2. The van der Waals surface area contributed by atoms with E-state index in [4.69, 9.17) is 21.3 Å². The number of likely N-dealkylation sites (N-methyl/N-ethyl adjacent to an activating group) is 1. The lowest BCUT2D eigenvalue weighted by Gasteiger charge is -2.29. The van der Waals surface area contributed by atoms with Gasteiger partial charge in [0.25, 0.3) is 5.91 Å². The number of rotatable bonds is 6. The zero-order chi connectivity index (χ0) is 20.2. The predicted molar refractivity (Wildman–Crippen MR) is 116 cm³/mol. The second-order valence-corrected chi connectivity index (χ2v) is 7.54. The fraction of sp³-hybridized carbons (Fsp3) is 0.304. The first-order valence-corrected chi connectivity index (χ1v) is 10.3. The number of hydrogen-bond acceptors (Lipinski definition) is 4. The zero-order valence-electron chi connectivity index (χ0n) is 16.5. The first-order valence-electron chi connectivity index (χ1n) is 9.95. The molecule has 1 amide bonds. The van der Waals surface area contributed by atoms with Gasteiger partial charge in [-0.25, -0.2) is 0 Å². The van der Waals surface area contributed by atoms with Gasteiger partial charge in [-0.3, -0.25) is 14.7 Å². The highest BCUT2D eigenvalue weighted by Crippen LogP contribution is 2.28. The van der Waals surface area contributed by atoms with Crippen molar-refractivity contribution in [2.24, 2.45) is 0 Å². The fourth-order valence-corrected chi connectivity index (χ4v) is 3.85. The summed E-state index contributed by atoms with van der Waals surface area (Å²) in [5.74, 6) is 0.659. The van der Waals surface area contributed by atoms with Crippen LogP contribution in [-0.4, -0.2) is 42.0 Å². The Bertz CT molecular complexity index is 1020. The summed E-state index contributed by atoms with van der Waals surface area (Å²) in [4.78, 5) is 20.3. The molecular weight excluding hydrogens is 386 g/mol. The lowest BCUT2D eigenvalue weighted by molar-refractivity contribution is 0.0945. The largest absolute Gasteiger partial charge is 0.492 e. The molecule has 3 aromatic rings. The average Bonchev–Trinajstić information content (AvgIpc) is 2.75. The molecule has 0 bridgehead atoms. The number of nitrogens with zero attached hydrogens (tertiary/aromatic N) is 2. The van der Waals surface area contributed by atoms with Gasteiger partial charge in [-0.1, -0.05) is 36.7 Å². The molecule has 2 heterocycles. The van der Waals surface area contributed by atoms with Crippen molar-refractivity contribution >= 4 is 28.4 Å². The highest BCUT2D eigenvalue weighted by molar-refractivity contribution is 6.30. The van der Waals surface area contributed by atoms with Crippen molar-refractivity contribution in [3.63, 3.8) is 0 Å². The number of para-hydroxylation sites is 1. The number of hydrogen-bond donors (Lipinski definition) is 1. The van der Waals surface area contributed by atoms with Gasteiger partial charge < -0.3 is 10.1 Å². The number of amides is 1.